The molecule has 2 N–H and O–H groups in total. The van der Waals surface area contributed by atoms with Crippen LogP contribution in [-0.2, 0) is 4.74 Å². The molecule has 1 aromatic heterocycles. The van der Waals surface area contributed by atoms with Crippen molar-refractivity contribution in [3.05, 3.63) is 23.6 Å². The zero-order valence-corrected chi connectivity index (χ0v) is 11.6. The molecule has 1 saturated heterocycles. The Kier molecular flexibility index (Phi) is 5.29. The molecule has 6 heteroatoms. The number of anilines is 1. The third-order valence-corrected chi connectivity index (χ3v) is 3.40. The summed E-state index contributed by atoms with van der Waals surface area (Å²) >= 11 is 0. The number of pyridine rings is 1. The summed E-state index contributed by atoms with van der Waals surface area (Å²) < 4.78 is 19.5. The molecule has 0 bridgehead atoms. The van der Waals surface area contributed by atoms with E-state index < -0.39 is 11.7 Å². The Hall–Kier alpha value is -1.69. The van der Waals surface area contributed by atoms with Gasteiger partial charge in [0.2, 0.25) is 0 Å². The number of nitrogens with one attached hydrogen (secondary N) is 2. The van der Waals surface area contributed by atoms with Crippen molar-refractivity contribution in [3.63, 3.8) is 0 Å². The van der Waals surface area contributed by atoms with Crippen molar-refractivity contribution < 1.29 is 13.9 Å². The summed E-state index contributed by atoms with van der Waals surface area (Å²) in [6.07, 6.45) is 5.69. The molecule has 1 aromatic rings. The van der Waals surface area contributed by atoms with E-state index in [1.165, 1.54) is 18.7 Å². The van der Waals surface area contributed by atoms with Crippen molar-refractivity contribution in [2.75, 3.05) is 25.5 Å². The zero-order chi connectivity index (χ0) is 14.4. The summed E-state index contributed by atoms with van der Waals surface area (Å²) in [6.45, 7) is 1.28. The molecule has 0 saturated carbocycles. The van der Waals surface area contributed by atoms with E-state index in [0.29, 0.717) is 6.54 Å². The third-order valence-electron chi connectivity index (χ3n) is 3.40. The molecule has 1 amide bonds. The molecule has 1 aliphatic heterocycles. The Morgan fingerprint density at radius 2 is 2.40 bits per heavy atom. The maximum absolute atomic E-state index is 13.9. The van der Waals surface area contributed by atoms with Gasteiger partial charge in [-0.1, -0.05) is 0 Å². The molecule has 0 aliphatic carbocycles. The summed E-state index contributed by atoms with van der Waals surface area (Å²) in [7, 11) is 1.56. The van der Waals surface area contributed by atoms with Crippen LogP contribution in [-0.4, -0.2) is 37.2 Å². The largest absolute Gasteiger partial charge is 0.378 e. The number of rotatable bonds is 5. The monoisotopic (exact) mass is 281 g/mol. The fraction of sp³-hybridized carbons (Fsp3) is 0.571. The first-order valence-corrected chi connectivity index (χ1v) is 6.94. The van der Waals surface area contributed by atoms with Gasteiger partial charge in [-0.2, -0.15) is 0 Å². The predicted molar refractivity (Wildman–Crippen MR) is 74.3 cm³/mol. The van der Waals surface area contributed by atoms with Crippen molar-refractivity contribution in [1.82, 2.24) is 10.3 Å². The number of ether oxygens (including phenoxy) is 1. The first kappa shape index (κ1) is 14.7. The molecule has 0 spiro atoms. The molecule has 1 fully saturated rings. The third kappa shape index (κ3) is 3.66. The average molecular weight is 281 g/mol. The van der Waals surface area contributed by atoms with Gasteiger partial charge in [0.15, 0.2) is 11.6 Å². The van der Waals surface area contributed by atoms with E-state index in [0.717, 1.165) is 25.9 Å². The summed E-state index contributed by atoms with van der Waals surface area (Å²) in [5.74, 6) is -0.966. The maximum atomic E-state index is 13.9. The molecular weight excluding hydrogens is 261 g/mol. The summed E-state index contributed by atoms with van der Waals surface area (Å²) in [6, 6.07) is 1.38. The summed E-state index contributed by atoms with van der Waals surface area (Å²) in [5.41, 5.74) is 0.00825. The van der Waals surface area contributed by atoms with E-state index in [4.69, 9.17) is 4.74 Å². The fourth-order valence-corrected chi connectivity index (χ4v) is 2.27. The van der Waals surface area contributed by atoms with Crippen molar-refractivity contribution in [2.24, 2.45) is 0 Å². The minimum absolute atomic E-state index is 0.00825. The van der Waals surface area contributed by atoms with Crippen molar-refractivity contribution in [2.45, 2.75) is 31.8 Å². The second-order valence-corrected chi connectivity index (χ2v) is 4.80. The SMILES string of the molecule is CNc1nccc(C(=O)NCCC2CCCCO2)c1F. The van der Waals surface area contributed by atoms with Gasteiger partial charge >= 0.3 is 0 Å². The van der Waals surface area contributed by atoms with Crippen molar-refractivity contribution in [3.8, 4) is 0 Å². The molecule has 1 unspecified atom stereocenters. The lowest BCUT2D eigenvalue weighted by Crippen LogP contribution is -2.30. The number of hydrogen-bond acceptors (Lipinski definition) is 4. The maximum Gasteiger partial charge on any atom is 0.254 e. The number of nitrogens with zero attached hydrogens (tertiary/aromatic N) is 1. The zero-order valence-electron chi connectivity index (χ0n) is 11.6. The lowest BCUT2D eigenvalue weighted by molar-refractivity contribution is 0.0117. The Morgan fingerprint density at radius 1 is 1.55 bits per heavy atom. The van der Waals surface area contributed by atoms with E-state index >= 15 is 0 Å². The van der Waals surface area contributed by atoms with Crippen LogP contribution >= 0.6 is 0 Å². The van der Waals surface area contributed by atoms with Gasteiger partial charge in [0.25, 0.3) is 5.91 Å². The Morgan fingerprint density at radius 3 is 3.10 bits per heavy atom. The van der Waals surface area contributed by atoms with Crippen LogP contribution in [0.3, 0.4) is 0 Å². The van der Waals surface area contributed by atoms with E-state index in [1.807, 2.05) is 0 Å². The van der Waals surface area contributed by atoms with Gasteiger partial charge in [-0.15, -0.1) is 0 Å². The number of carbonyl (C=O) groups excluding carboxylic acids is 1. The highest BCUT2D eigenvalue weighted by Gasteiger charge is 2.17. The predicted octanol–water partition coefficient (Wildman–Crippen LogP) is 1.95. The minimum atomic E-state index is -0.624. The van der Waals surface area contributed by atoms with Crippen LogP contribution in [0.5, 0.6) is 0 Å². The second-order valence-electron chi connectivity index (χ2n) is 4.80. The highest BCUT2D eigenvalue weighted by atomic mass is 19.1. The molecule has 5 nitrogen and oxygen atoms in total. The van der Waals surface area contributed by atoms with Gasteiger partial charge in [-0.25, -0.2) is 9.37 Å². The summed E-state index contributed by atoms with van der Waals surface area (Å²) in [5, 5.41) is 5.34. The number of amides is 1. The number of aromatic nitrogens is 1. The Bertz CT molecular complexity index is 462. The van der Waals surface area contributed by atoms with Gasteiger partial charge in [0, 0.05) is 26.4 Å². The molecule has 2 heterocycles. The van der Waals surface area contributed by atoms with Gasteiger partial charge in [-0.05, 0) is 31.7 Å². The van der Waals surface area contributed by atoms with Crippen LogP contribution in [0, 0.1) is 5.82 Å². The molecular formula is C14H20FN3O2. The van der Waals surface area contributed by atoms with Gasteiger partial charge in [-0.3, -0.25) is 4.79 Å². The highest BCUT2D eigenvalue weighted by Crippen LogP contribution is 2.16. The van der Waals surface area contributed by atoms with Crippen LogP contribution in [0.1, 0.15) is 36.0 Å². The van der Waals surface area contributed by atoms with E-state index in [-0.39, 0.29) is 17.5 Å². The molecule has 110 valence electrons. The molecule has 0 radical (unpaired) electrons. The second kappa shape index (κ2) is 7.19. The molecule has 0 aromatic carbocycles. The standard InChI is InChI=1S/C14H20FN3O2/c1-16-13-12(15)11(6-8-17-13)14(19)18-7-5-10-4-2-3-9-20-10/h6,8,10H,2-5,7,9H2,1H3,(H,16,17)(H,18,19). The number of carbonyl (C=O) groups is 1. The van der Waals surface area contributed by atoms with Crippen LogP contribution in [0.2, 0.25) is 0 Å². The Labute approximate surface area is 117 Å². The topological polar surface area (TPSA) is 63.2 Å². The number of halogens is 1. The van der Waals surface area contributed by atoms with E-state index in [2.05, 4.69) is 15.6 Å². The van der Waals surface area contributed by atoms with Gasteiger partial charge in [0.05, 0.1) is 11.7 Å². The first-order valence-electron chi connectivity index (χ1n) is 6.94. The van der Waals surface area contributed by atoms with Crippen LogP contribution in [0.25, 0.3) is 0 Å². The quantitative estimate of drug-likeness (QED) is 0.866. The van der Waals surface area contributed by atoms with Crippen LogP contribution < -0.4 is 10.6 Å². The molecule has 1 atom stereocenters. The lowest BCUT2D eigenvalue weighted by atomic mass is 10.1. The fourth-order valence-electron chi connectivity index (χ4n) is 2.27. The average Bonchev–Trinajstić information content (AvgIpc) is 2.48. The van der Waals surface area contributed by atoms with Gasteiger partial charge in [0.1, 0.15) is 0 Å². The van der Waals surface area contributed by atoms with Crippen molar-refractivity contribution in [1.29, 1.82) is 0 Å². The van der Waals surface area contributed by atoms with Gasteiger partial charge < -0.3 is 15.4 Å². The smallest absolute Gasteiger partial charge is 0.254 e. The molecule has 20 heavy (non-hydrogen) atoms. The normalized spacial score (nSPS) is 18.6. The molecule has 2 rings (SSSR count). The lowest BCUT2D eigenvalue weighted by Gasteiger charge is -2.22. The first-order chi connectivity index (χ1) is 9.72. The van der Waals surface area contributed by atoms with E-state index in [1.54, 1.807) is 7.05 Å². The Balaban J connectivity index is 1.85. The summed E-state index contributed by atoms with van der Waals surface area (Å²) in [4.78, 5) is 15.7. The highest BCUT2D eigenvalue weighted by molar-refractivity contribution is 5.95. The van der Waals surface area contributed by atoms with Crippen LogP contribution in [0.15, 0.2) is 12.3 Å². The van der Waals surface area contributed by atoms with E-state index in [9.17, 15) is 9.18 Å². The van der Waals surface area contributed by atoms with Crippen LogP contribution in [0.4, 0.5) is 10.2 Å². The minimum Gasteiger partial charge on any atom is -0.378 e. The van der Waals surface area contributed by atoms with Crippen molar-refractivity contribution >= 4 is 11.7 Å². The molecule has 1 aliphatic rings. The number of hydrogen-bond donors (Lipinski definition) is 2.